The molecule has 3 rings (SSSR count). The van der Waals surface area contributed by atoms with Crippen molar-refractivity contribution in [3.63, 3.8) is 0 Å². The molecule has 0 radical (unpaired) electrons. The van der Waals surface area contributed by atoms with E-state index in [1.807, 2.05) is 13.0 Å². The third-order valence-corrected chi connectivity index (χ3v) is 4.67. The minimum atomic E-state index is -4.56. The Bertz CT molecular complexity index is 1010. The molecule has 28 heavy (non-hydrogen) atoms. The molecule has 2 N–H and O–H groups in total. The van der Waals surface area contributed by atoms with Crippen molar-refractivity contribution in [2.45, 2.75) is 18.3 Å². The van der Waals surface area contributed by atoms with Crippen molar-refractivity contribution in [1.82, 2.24) is 15.0 Å². The van der Waals surface area contributed by atoms with Crippen LogP contribution in [0.25, 0.3) is 11.0 Å². The fourth-order valence-electron chi connectivity index (χ4n) is 2.28. The van der Waals surface area contributed by atoms with E-state index in [-0.39, 0.29) is 16.6 Å². The first-order valence-corrected chi connectivity index (χ1v) is 9.40. The van der Waals surface area contributed by atoms with Gasteiger partial charge >= 0.3 is 6.18 Å². The number of carbonyl (C=O) groups is 1. The normalized spacial score (nSPS) is 11.6. The number of aromatic nitrogens is 3. The summed E-state index contributed by atoms with van der Waals surface area (Å²) in [5.41, 5.74) is 0.499. The first kappa shape index (κ1) is 20.3. The molecule has 0 unspecified atom stereocenters. The number of ether oxygens (including phenoxy) is 1. The molecule has 0 aliphatic rings. The highest BCUT2D eigenvalue weighted by molar-refractivity contribution is 7.99. The van der Waals surface area contributed by atoms with Crippen LogP contribution in [0.1, 0.15) is 12.5 Å². The van der Waals surface area contributed by atoms with Crippen molar-refractivity contribution in [3.05, 3.63) is 41.0 Å². The molecule has 0 bridgehead atoms. The summed E-state index contributed by atoms with van der Waals surface area (Å²) in [5, 5.41) is 2.61. The van der Waals surface area contributed by atoms with Gasteiger partial charge in [0.05, 0.1) is 34.0 Å². The van der Waals surface area contributed by atoms with E-state index in [0.29, 0.717) is 29.8 Å². The summed E-state index contributed by atoms with van der Waals surface area (Å²) < 4.78 is 43.3. The third kappa shape index (κ3) is 4.87. The highest BCUT2D eigenvalue weighted by Crippen LogP contribution is 2.32. The van der Waals surface area contributed by atoms with E-state index in [0.717, 1.165) is 22.8 Å². The number of amides is 1. The molecule has 3 aromatic rings. The fraction of sp³-hybridized carbons (Fsp3) is 0.235. The van der Waals surface area contributed by atoms with Crippen molar-refractivity contribution in [2.75, 3.05) is 17.7 Å². The zero-order valence-electron chi connectivity index (χ0n) is 14.4. The number of carbonyl (C=O) groups excluding carboxylic acids is 1. The van der Waals surface area contributed by atoms with E-state index < -0.39 is 17.6 Å². The van der Waals surface area contributed by atoms with Gasteiger partial charge in [-0.3, -0.25) is 4.79 Å². The Hall–Kier alpha value is -2.46. The maximum absolute atomic E-state index is 12.6. The number of pyridine rings is 1. The number of thioether (sulfide) groups is 1. The number of H-pyrrole nitrogens is 1. The van der Waals surface area contributed by atoms with Crippen molar-refractivity contribution in [3.8, 4) is 5.75 Å². The van der Waals surface area contributed by atoms with Crippen LogP contribution in [0.3, 0.4) is 0 Å². The molecule has 0 saturated heterocycles. The van der Waals surface area contributed by atoms with E-state index in [4.69, 9.17) is 16.3 Å². The third-order valence-electron chi connectivity index (χ3n) is 3.51. The van der Waals surface area contributed by atoms with Gasteiger partial charge in [0, 0.05) is 12.3 Å². The Labute approximate surface area is 166 Å². The van der Waals surface area contributed by atoms with E-state index in [1.165, 1.54) is 0 Å². The first-order valence-electron chi connectivity index (χ1n) is 8.04. The van der Waals surface area contributed by atoms with Gasteiger partial charge in [-0.1, -0.05) is 23.4 Å². The van der Waals surface area contributed by atoms with Crippen LogP contribution in [0.15, 0.2) is 35.6 Å². The Kier molecular flexibility index (Phi) is 5.99. The number of halogens is 4. The summed E-state index contributed by atoms with van der Waals surface area (Å²) in [4.78, 5) is 23.1. The maximum atomic E-state index is 12.6. The number of hydrogen-bond acceptors (Lipinski definition) is 5. The molecule has 0 aliphatic carbocycles. The fourth-order valence-corrected chi connectivity index (χ4v) is 3.18. The molecule has 0 fully saturated rings. The van der Waals surface area contributed by atoms with Gasteiger partial charge in [0.2, 0.25) is 5.91 Å². The van der Waals surface area contributed by atoms with E-state index in [2.05, 4.69) is 20.3 Å². The largest absolute Gasteiger partial charge is 0.494 e. The Morgan fingerprint density at radius 3 is 2.82 bits per heavy atom. The molecular weight excluding hydrogens is 417 g/mol. The standard InChI is InChI=1S/C17H14ClF3N4O2S/c1-2-27-10-3-4-12-13(6-10)24-16(23-12)28-8-14(26)25-15-11(18)5-9(7-22-15)17(19,20)21/h3-7H,2,8H2,1H3,(H,23,24)(H,22,25,26). The average molecular weight is 431 g/mol. The van der Waals surface area contributed by atoms with Gasteiger partial charge in [0.1, 0.15) is 5.75 Å². The lowest BCUT2D eigenvalue weighted by molar-refractivity contribution is -0.137. The number of imidazole rings is 1. The molecule has 1 aromatic carbocycles. The summed E-state index contributed by atoms with van der Waals surface area (Å²) in [7, 11) is 0. The summed E-state index contributed by atoms with van der Waals surface area (Å²) in [6, 6.07) is 6.12. The van der Waals surface area contributed by atoms with Gasteiger partial charge in [-0.2, -0.15) is 13.2 Å². The number of hydrogen-bond donors (Lipinski definition) is 2. The van der Waals surface area contributed by atoms with Crippen LogP contribution < -0.4 is 10.1 Å². The van der Waals surface area contributed by atoms with Gasteiger partial charge in [0.15, 0.2) is 11.0 Å². The lowest BCUT2D eigenvalue weighted by atomic mass is 10.3. The maximum Gasteiger partial charge on any atom is 0.417 e. The number of fused-ring (bicyclic) bond motifs is 1. The van der Waals surface area contributed by atoms with Crippen molar-refractivity contribution < 1.29 is 22.7 Å². The van der Waals surface area contributed by atoms with Crippen LogP contribution in [-0.2, 0) is 11.0 Å². The Morgan fingerprint density at radius 2 is 2.14 bits per heavy atom. The van der Waals surface area contributed by atoms with Gasteiger partial charge in [0.25, 0.3) is 0 Å². The highest BCUT2D eigenvalue weighted by Gasteiger charge is 2.31. The molecule has 6 nitrogen and oxygen atoms in total. The zero-order valence-corrected chi connectivity index (χ0v) is 16.0. The minimum Gasteiger partial charge on any atom is -0.494 e. The smallest absolute Gasteiger partial charge is 0.417 e. The van der Waals surface area contributed by atoms with E-state index >= 15 is 0 Å². The summed E-state index contributed by atoms with van der Waals surface area (Å²) in [6.45, 7) is 2.43. The molecule has 2 heterocycles. The summed E-state index contributed by atoms with van der Waals surface area (Å²) in [5.74, 6) is 0.0637. The highest BCUT2D eigenvalue weighted by atomic mass is 35.5. The van der Waals surface area contributed by atoms with Gasteiger partial charge in [-0.25, -0.2) is 9.97 Å². The van der Waals surface area contributed by atoms with E-state index in [9.17, 15) is 18.0 Å². The monoisotopic (exact) mass is 430 g/mol. The van der Waals surface area contributed by atoms with E-state index in [1.54, 1.807) is 12.1 Å². The van der Waals surface area contributed by atoms with Crippen LogP contribution >= 0.6 is 23.4 Å². The molecule has 11 heteroatoms. The summed E-state index contributed by atoms with van der Waals surface area (Å²) in [6.07, 6.45) is -3.94. The van der Waals surface area contributed by atoms with Crippen LogP contribution in [0.5, 0.6) is 5.75 Å². The topological polar surface area (TPSA) is 79.9 Å². The molecule has 0 aliphatic heterocycles. The molecule has 0 atom stereocenters. The molecule has 0 spiro atoms. The summed E-state index contributed by atoms with van der Waals surface area (Å²) >= 11 is 6.91. The van der Waals surface area contributed by atoms with Gasteiger partial charge in [-0.15, -0.1) is 0 Å². The number of nitrogens with one attached hydrogen (secondary N) is 2. The number of anilines is 1. The zero-order chi connectivity index (χ0) is 20.3. The second-order valence-corrected chi connectivity index (χ2v) is 6.91. The lowest BCUT2D eigenvalue weighted by Crippen LogP contribution is -2.16. The van der Waals surface area contributed by atoms with Crippen LogP contribution in [0, 0.1) is 0 Å². The van der Waals surface area contributed by atoms with Gasteiger partial charge < -0.3 is 15.0 Å². The Morgan fingerprint density at radius 1 is 1.36 bits per heavy atom. The minimum absolute atomic E-state index is 0.0306. The number of alkyl halides is 3. The quantitative estimate of drug-likeness (QED) is 0.551. The SMILES string of the molecule is CCOc1ccc2nc(SCC(=O)Nc3ncc(C(F)(F)F)cc3Cl)[nH]c2c1. The van der Waals surface area contributed by atoms with Crippen LogP contribution in [-0.4, -0.2) is 33.2 Å². The molecule has 148 valence electrons. The van der Waals surface area contributed by atoms with Crippen LogP contribution in [0.2, 0.25) is 5.02 Å². The van der Waals surface area contributed by atoms with Crippen molar-refractivity contribution in [1.29, 1.82) is 0 Å². The molecule has 1 amide bonds. The number of nitrogens with zero attached hydrogens (tertiary/aromatic N) is 2. The second-order valence-electron chi connectivity index (χ2n) is 5.54. The number of benzene rings is 1. The molecule has 2 aromatic heterocycles. The predicted molar refractivity (Wildman–Crippen MR) is 101 cm³/mol. The van der Waals surface area contributed by atoms with Gasteiger partial charge in [-0.05, 0) is 25.1 Å². The lowest BCUT2D eigenvalue weighted by Gasteiger charge is -2.09. The first-order chi connectivity index (χ1) is 13.3. The van der Waals surface area contributed by atoms with Crippen LogP contribution in [0.4, 0.5) is 19.0 Å². The molecule has 0 saturated carbocycles. The Balaban J connectivity index is 1.62. The number of rotatable bonds is 6. The number of aromatic amines is 1. The average Bonchev–Trinajstić information content (AvgIpc) is 3.03. The predicted octanol–water partition coefficient (Wildman–Crippen LogP) is 4.76. The van der Waals surface area contributed by atoms with Crippen molar-refractivity contribution >= 4 is 46.1 Å². The second kappa shape index (κ2) is 8.27. The molecular formula is C17H14ClF3N4O2S. The van der Waals surface area contributed by atoms with Crippen molar-refractivity contribution in [2.24, 2.45) is 0 Å².